The predicted molar refractivity (Wildman–Crippen MR) is 195 cm³/mol. The maximum absolute atomic E-state index is 13.0. The quantitative estimate of drug-likeness (QED) is 0.119. The smallest absolute Gasteiger partial charge is 0.343 e. The average Bonchev–Trinajstić information content (AvgIpc) is 3.48. The molecular weight excluding hydrogens is 657 g/mol. The zero-order chi connectivity index (χ0) is 36.2. The van der Waals surface area contributed by atoms with Crippen molar-refractivity contribution in [2.24, 2.45) is 0 Å². The number of benzene rings is 3. The Morgan fingerprint density at radius 1 is 0.900 bits per heavy atom. The lowest BCUT2D eigenvalue weighted by molar-refractivity contribution is -0.0928. The van der Waals surface area contributed by atoms with Crippen molar-refractivity contribution in [3.05, 3.63) is 128 Å². The van der Waals surface area contributed by atoms with Crippen LogP contribution in [0.4, 0.5) is 0 Å². The molecule has 11 nitrogen and oxygen atoms in total. The maximum atomic E-state index is 13.0. The number of ether oxygens (including phenoxy) is 4. The van der Waals surface area contributed by atoms with Gasteiger partial charge >= 0.3 is 13.6 Å². The van der Waals surface area contributed by atoms with Gasteiger partial charge in [0.25, 0.3) is 5.56 Å². The third-order valence-electron chi connectivity index (χ3n) is 9.10. The summed E-state index contributed by atoms with van der Waals surface area (Å²) in [4.78, 5) is 39.5. The molecule has 0 amide bonds. The first kappa shape index (κ1) is 37.4. The van der Waals surface area contributed by atoms with Gasteiger partial charge in [0.05, 0.1) is 20.8 Å². The van der Waals surface area contributed by atoms with E-state index in [9.17, 15) is 14.5 Å². The first-order valence-corrected chi connectivity index (χ1v) is 18.9. The van der Waals surface area contributed by atoms with Gasteiger partial charge in [0.1, 0.15) is 42.2 Å². The highest BCUT2D eigenvalue weighted by molar-refractivity contribution is 7.62. The van der Waals surface area contributed by atoms with Gasteiger partial charge in [0.15, 0.2) is 0 Å². The number of nitrogens with zero attached hydrogens (tertiary/aromatic N) is 2. The van der Waals surface area contributed by atoms with E-state index in [2.05, 4.69) is 4.98 Å². The SMILES string of the molecule is COc1ccc(C(OC[C@H]2O[C@@H](n3cc(C)c(=O)[nH]c3=O)C[C@@H]2O[P+](C)(O)N(C(C)C)C(C)C)(c2ccccc2)c2ccc(OC)cc2)cc1. The molecule has 1 aliphatic rings. The number of aromatic amines is 1. The molecule has 0 spiro atoms. The van der Waals surface area contributed by atoms with Crippen molar-refractivity contribution >= 4 is 7.87 Å². The van der Waals surface area contributed by atoms with Crippen LogP contribution in [0.15, 0.2) is 94.6 Å². The zero-order valence-electron chi connectivity index (χ0n) is 30.0. The fourth-order valence-electron chi connectivity index (χ4n) is 6.98. The molecule has 0 bridgehead atoms. The molecule has 2 heterocycles. The van der Waals surface area contributed by atoms with E-state index in [1.165, 1.54) is 10.8 Å². The summed E-state index contributed by atoms with van der Waals surface area (Å²) in [6.45, 7) is 11.5. The third kappa shape index (κ3) is 7.73. The molecule has 0 saturated carbocycles. The molecule has 12 heteroatoms. The first-order chi connectivity index (χ1) is 23.8. The van der Waals surface area contributed by atoms with Crippen molar-refractivity contribution in [1.29, 1.82) is 0 Å². The Kier molecular flexibility index (Phi) is 11.7. The van der Waals surface area contributed by atoms with Gasteiger partial charge in [0.2, 0.25) is 0 Å². The Hall–Kier alpha value is -3.83. The van der Waals surface area contributed by atoms with Gasteiger partial charge < -0.3 is 18.9 Å². The number of hydrogen-bond donors (Lipinski definition) is 2. The molecule has 4 atom stereocenters. The van der Waals surface area contributed by atoms with E-state index in [1.54, 1.807) is 27.8 Å². The second-order valence-corrected chi connectivity index (χ2v) is 15.5. The standard InChI is InChI=1S/C38H48N3O8P/c1-25(2)41(26(3)4)50(8,44)49-33-22-35(40-23-27(5)36(42)39-37(40)43)48-34(33)24-47-38(28-12-10-9-11-13-28,29-14-18-31(45-6)19-15-29)30-16-20-32(46-7)21-17-30/h9-21,23,25-26,33-35,44H,22,24H2,1-8H3/p+1/t33-,34+,35+,50?/m0/s1. The number of aromatic nitrogens is 2. The molecular formula is C38H49N3O8P+. The van der Waals surface area contributed by atoms with Crippen LogP contribution in [0.5, 0.6) is 11.5 Å². The fraction of sp³-hybridized carbons (Fsp3) is 0.421. The number of aryl methyl sites for hydroxylation is 1. The van der Waals surface area contributed by atoms with Gasteiger partial charge in [-0.1, -0.05) is 54.6 Å². The van der Waals surface area contributed by atoms with Crippen LogP contribution in [0, 0.1) is 6.92 Å². The summed E-state index contributed by atoms with van der Waals surface area (Å²) in [5.41, 5.74) is 0.767. The summed E-state index contributed by atoms with van der Waals surface area (Å²) in [6, 6.07) is 25.4. The van der Waals surface area contributed by atoms with Crippen LogP contribution in [0.2, 0.25) is 0 Å². The highest BCUT2D eigenvalue weighted by Gasteiger charge is 2.52. The van der Waals surface area contributed by atoms with Crippen LogP contribution in [0.3, 0.4) is 0 Å². The fourth-order valence-corrected chi connectivity index (χ4v) is 9.54. The van der Waals surface area contributed by atoms with Gasteiger partial charge in [-0.05, 0) is 75.6 Å². The highest BCUT2D eigenvalue weighted by atomic mass is 31.2. The molecule has 4 aromatic rings. The van der Waals surface area contributed by atoms with Gasteiger partial charge in [-0.15, -0.1) is 4.67 Å². The second kappa shape index (κ2) is 15.6. The van der Waals surface area contributed by atoms with Crippen LogP contribution >= 0.6 is 7.87 Å². The number of hydrogen-bond acceptors (Lipinski definition) is 9. The van der Waals surface area contributed by atoms with E-state index in [1.807, 2.05) is 111 Å². The molecule has 3 aromatic carbocycles. The van der Waals surface area contributed by atoms with E-state index in [0.717, 1.165) is 16.7 Å². The van der Waals surface area contributed by atoms with Crippen LogP contribution in [-0.2, 0) is 19.6 Å². The molecule has 1 saturated heterocycles. The Balaban J connectivity index is 1.61. The van der Waals surface area contributed by atoms with Crippen LogP contribution in [0.1, 0.15) is 62.6 Å². The van der Waals surface area contributed by atoms with E-state index in [0.29, 0.717) is 17.1 Å². The van der Waals surface area contributed by atoms with Crippen molar-refractivity contribution in [3.8, 4) is 11.5 Å². The minimum atomic E-state index is -3.13. The molecule has 5 rings (SSSR count). The molecule has 50 heavy (non-hydrogen) atoms. The Morgan fingerprint density at radius 2 is 1.42 bits per heavy atom. The summed E-state index contributed by atoms with van der Waals surface area (Å²) in [5, 5.41) is 0. The van der Waals surface area contributed by atoms with Crippen molar-refractivity contribution in [2.45, 2.75) is 77.2 Å². The largest absolute Gasteiger partial charge is 0.497 e. The Bertz CT molecular complexity index is 1770. The number of methoxy groups -OCH3 is 2. The molecule has 2 N–H and O–H groups in total. The molecule has 1 aromatic heterocycles. The van der Waals surface area contributed by atoms with Gasteiger partial charge in [0, 0.05) is 30.3 Å². The molecule has 0 radical (unpaired) electrons. The summed E-state index contributed by atoms with van der Waals surface area (Å²) < 4.78 is 34.7. The van der Waals surface area contributed by atoms with Crippen molar-refractivity contribution in [2.75, 3.05) is 27.5 Å². The number of H-pyrrole nitrogens is 1. The molecule has 1 aliphatic heterocycles. The van der Waals surface area contributed by atoms with E-state index >= 15 is 0 Å². The minimum absolute atomic E-state index is 0.00601. The monoisotopic (exact) mass is 706 g/mol. The number of rotatable bonds is 14. The van der Waals surface area contributed by atoms with Crippen LogP contribution in [0.25, 0.3) is 0 Å². The molecule has 0 aliphatic carbocycles. The minimum Gasteiger partial charge on any atom is -0.497 e. The highest BCUT2D eigenvalue weighted by Crippen LogP contribution is 2.60. The van der Waals surface area contributed by atoms with Gasteiger partial charge in [-0.25, -0.2) is 9.69 Å². The topological polar surface area (TPSA) is 124 Å². The van der Waals surface area contributed by atoms with Crippen molar-refractivity contribution in [3.63, 3.8) is 0 Å². The third-order valence-corrected chi connectivity index (χ3v) is 11.5. The second-order valence-electron chi connectivity index (χ2n) is 13.2. The molecule has 1 fully saturated rings. The normalized spacial score (nSPS) is 19.2. The van der Waals surface area contributed by atoms with E-state index in [-0.39, 0.29) is 25.1 Å². The van der Waals surface area contributed by atoms with Crippen LogP contribution < -0.4 is 20.7 Å². The number of nitrogens with one attached hydrogen (secondary N) is 1. The maximum Gasteiger partial charge on any atom is 0.343 e. The Labute approximate surface area is 294 Å². The molecule has 268 valence electrons. The van der Waals surface area contributed by atoms with E-state index in [4.69, 9.17) is 23.5 Å². The van der Waals surface area contributed by atoms with Crippen molar-refractivity contribution in [1.82, 2.24) is 14.2 Å². The van der Waals surface area contributed by atoms with Crippen molar-refractivity contribution < 1.29 is 28.4 Å². The average molecular weight is 707 g/mol. The van der Waals surface area contributed by atoms with Gasteiger partial charge in [-0.2, -0.15) is 4.52 Å². The lowest BCUT2D eigenvalue weighted by Crippen LogP contribution is -2.41. The summed E-state index contributed by atoms with van der Waals surface area (Å²) >= 11 is 0. The first-order valence-electron chi connectivity index (χ1n) is 16.8. The zero-order valence-corrected chi connectivity index (χ0v) is 30.9. The lowest BCUT2D eigenvalue weighted by atomic mass is 9.80. The molecule has 1 unspecified atom stereocenters. The predicted octanol–water partition coefficient (Wildman–Crippen LogP) is 6.05. The Morgan fingerprint density at radius 3 is 1.92 bits per heavy atom. The summed E-state index contributed by atoms with van der Waals surface area (Å²) in [5.74, 6) is 1.40. The lowest BCUT2D eigenvalue weighted by Gasteiger charge is -2.38. The van der Waals surface area contributed by atoms with E-state index < -0.39 is 43.2 Å². The summed E-state index contributed by atoms with van der Waals surface area (Å²) in [6.07, 6.45) is -0.426. The van der Waals surface area contributed by atoms with Crippen LogP contribution in [-0.4, -0.2) is 70.9 Å². The van der Waals surface area contributed by atoms with Gasteiger partial charge in [-0.3, -0.25) is 14.3 Å². The summed E-state index contributed by atoms with van der Waals surface area (Å²) in [7, 11) is 0.119.